The Balaban J connectivity index is 2.04. The molecule has 0 fully saturated rings. The summed E-state index contributed by atoms with van der Waals surface area (Å²) in [5.41, 5.74) is 3.21. The lowest BCUT2D eigenvalue weighted by molar-refractivity contribution is 0.0696. The molecule has 31 heavy (non-hydrogen) atoms. The Hall–Kier alpha value is -3.39. The highest BCUT2D eigenvalue weighted by Gasteiger charge is 2.23. The van der Waals surface area contributed by atoms with Gasteiger partial charge < -0.3 is 10.0 Å². The van der Waals surface area contributed by atoms with Gasteiger partial charge in [-0.05, 0) is 43.5 Å². The molecule has 0 aliphatic carbocycles. The van der Waals surface area contributed by atoms with Crippen LogP contribution in [0.5, 0.6) is 0 Å². The van der Waals surface area contributed by atoms with Gasteiger partial charge in [0.15, 0.2) is 5.82 Å². The van der Waals surface area contributed by atoms with Gasteiger partial charge in [-0.2, -0.15) is 0 Å². The molecule has 3 aromatic rings. The van der Waals surface area contributed by atoms with Crippen LogP contribution in [0.4, 0.5) is 11.5 Å². The van der Waals surface area contributed by atoms with Crippen molar-refractivity contribution in [1.29, 1.82) is 0 Å². The number of benzene rings is 2. The quantitative estimate of drug-likeness (QED) is 0.574. The lowest BCUT2D eigenvalue weighted by atomic mass is 10.1. The molecule has 0 saturated carbocycles. The minimum Gasteiger partial charge on any atom is -0.478 e. The van der Waals surface area contributed by atoms with E-state index in [9.17, 15) is 18.3 Å². The van der Waals surface area contributed by atoms with Crippen LogP contribution < -0.4 is 9.62 Å². The predicted molar refractivity (Wildman–Crippen MR) is 121 cm³/mol. The molecule has 0 amide bonds. The van der Waals surface area contributed by atoms with Gasteiger partial charge in [0.2, 0.25) is 0 Å². The molecule has 0 saturated heterocycles. The van der Waals surface area contributed by atoms with Gasteiger partial charge in [-0.25, -0.2) is 18.2 Å². The van der Waals surface area contributed by atoms with Crippen molar-refractivity contribution in [3.05, 3.63) is 82.5 Å². The van der Waals surface area contributed by atoms with E-state index in [1.807, 2.05) is 37.3 Å². The maximum atomic E-state index is 13.3. The summed E-state index contributed by atoms with van der Waals surface area (Å²) in [6.07, 6.45) is 1.22. The lowest BCUT2D eigenvalue weighted by Gasteiger charge is -2.23. The molecule has 0 aliphatic heterocycles. The number of hydrogen-bond donors (Lipinski definition) is 2. The average molecular weight is 440 g/mol. The number of nitrogens with zero attached hydrogens (tertiary/aromatic N) is 2. The van der Waals surface area contributed by atoms with Crippen LogP contribution in [0.1, 0.15) is 32.6 Å². The zero-order valence-electron chi connectivity index (χ0n) is 17.9. The fourth-order valence-electron chi connectivity index (χ4n) is 3.67. The number of carbonyl (C=O) groups is 1. The zero-order valence-corrected chi connectivity index (χ0v) is 18.7. The van der Waals surface area contributed by atoms with Crippen LogP contribution in [0.15, 0.2) is 59.6 Å². The number of nitrogens with one attached hydrogen (secondary N) is 1. The molecular formula is C23H25N3O4S. The van der Waals surface area contributed by atoms with E-state index >= 15 is 0 Å². The summed E-state index contributed by atoms with van der Waals surface area (Å²) in [5.74, 6) is -0.854. The number of rotatable bonds is 7. The largest absolute Gasteiger partial charge is 0.478 e. The van der Waals surface area contributed by atoms with Crippen molar-refractivity contribution >= 4 is 27.5 Å². The maximum Gasteiger partial charge on any atom is 0.337 e. The summed E-state index contributed by atoms with van der Waals surface area (Å²) in [4.78, 5) is 17.7. The second kappa shape index (κ2) is 8.77. The number of carboxylic acid groups (broad SMARTS) is 1. The average Bonchev–Trinajstić information content (AvgIpc) is 2.67. The molecule has 2 aromatic carbocycles. The summed E-state index contributed by atoms with van der Waals surface area (Å²) in [6.45, 7) is 5.85. The molecule has 7 nitrogen and oxygen atoms in total. The smallest absolute Gasteiger partial charge is 0.337 e. The monoisotopic (exact) mass is 439 g/mol. The Bertz CT molecular complexity index is 1200. The number of pyridine rings is 1. The van der Waals surface area contributed by atoms with E-state index in [4.69, 9.17) is 0 Å². The Morgan fingerprint density at radius 3 is 2.26 bits per heavy atom. The molecular weight excluding hydrogens is 414 g/mol. The predicted octanol–water partition coefficient (Wildman–Crippen LogP) is 4.14. The van der Waals surface area contributed by atoms with Gasteiger partial charge in [0.1, 0.15) is 0 Å². The fraction of sp³-hybridized carbons (Fsp3) is 0.217. The first-order chi connectivity index (χ1) is 14.6. The maximum absolute atomic E-state index is 13.3. The van der Waals surface area contributed by atoms with E-state index in [0.29, 0.717) is 23.5 Å². The lowest BCUT2D eigenvalue weighted by Crippen LogP contribution is -2.23. The molecule has 0 atom stereocenters. The standard InChI is InChI=1S/C23H25N3O4S/c1-15-10-16(2)21(17(3)11-15)31(29,30)25-20-12-19(23(27)28)13-24-22(20)26(4)14-18-8-6-5-7-9-18/h5-13,25H,14H2,1-4H3,(H,27,28). The summed E-state index contributed by atoms with van der Waals surface area (Å²) < 4.78 is 29.1. The van der Waals surface area contributed by atoms with E-state index in [1.165, 1.54) is 12.3 Å². The van der Waals surface area contributed by atoms with Crippen LogP contribution in [0.25, 0.3) is 0 Å². The molecule has 162 valence electrons. The fourth-order valence-corrected chi connectivity index (χ4v) is 5.18. The normalized spacial score (nSPS) is 11.2. The first-order valence-electron chi connectivity index (χ1n) is 9.67. The highest BCUT2D eigenvalue weighted by molar-refractivity contribution is 7.92. The summed E-state index contributed by atoms with van der Waals surface area (Å²) in [6, 6.07) is 14.5. The van der Waals surface area contributed by atoms with Crippen LogP contribution in [0.2, 0.25) is 0 Å². The minimum atomic E-state index is -3.97. The van der Waals surface area contributed by atoms with Gasteiger partial charge in [0, 0.05) is 19.8 Å². The van der Waals surface area contributed by atoms with Crippen LogP contribution in [0.3, 0.4) is 0 Å². The van der Waals surface area contributed by atoms with Crippen molar-refractivity contribution in [3.63, 3.8) is 0 Å². The second-order valence-electron chi connectivity index (χ2n) is 7.58. The highest BCUT2D eigenvalue weighted by Crippen LogP contribution is 2.30. The third kappa shape index (κ3) is 5.03. The number of anilines is 2. The topological polar surface area (TPSA) is 99.6 Å². The van der Waals surface area contributed by atoms with Crippen LogP contribution in [0, 0.1) is 20.8 Å². The number of aryl methyl sites for hydroxylation is 3. The van der Waals surface area contributed by atoms with Crippen LogP contribution in [-0.2, 0) is 16.6 Å². The number of carboxylic acids is 1. The van der Waals surface area contributed by atoms with Crippen LogP contribution in [-0.4, -0.2) is 31.5 Å². The van der Waals surface area contributed by atoms with Crippen molar-refractivity contribution in [2.45, 2.75) is 32.2 Å². The zero-order chi connectivity index (χ0) is 22.8. The van der Waals surface area contributed by atoms with Crippen molar-refractivity contribution in [1.82, 2.24) is 4.98 Å². The summed E-state index contributed by atoms with van der Waals surface area (Å²) in [5, 5.41) is 9.38. The number of hydrogen-bond acceptors (Lipinski definition) is 5. The first-order valence-corrected chi connectivity index (χ1v) is 11.2. The molecule has 2 N–H and O–H groups in total. The third-order valence-corrected chi connectivity index (χ3v) is 6.53. The number of aromatic carboxylic acids is 1. The molecule has 8 heteroatoms. The van der Waals surface area contributed by atoms with E-state index in [1.54, 1.807) is 37.9 Å². The summed E-state index contributed by atoms with van der Waals surface area (Å²) >= 11 is 0. The van der Waals surface area contributed by atoms with E-state index in [-0.39, 0.29) is 16.1 Å². The molecule has 0 aliphatic rings. The molecule has 1 aromatic heterocycles. The molecule has 0 unspecified atom stereocenters. The van der Waals surface area contributed by atoms with Gasteiger partial charge in [-0.3, -0.25) is 4.72 Å². The molecule has 0 bridgehead atoms. The SMILES string of the molecule is Cc1cc(C)c(S(=O)(=O)Nc2cc(C(=O)O)cnc2N(C)Cc2ccccc2)c(C)c1. The summed E-state index contributed by atoms with van der Waals surface area (Å²) in [7, 11) is -2.20. The highest BCUT2D eigenvalue weighted by atomic mass is 32.2. The number of aromatic nitrogens is 1. The van der Waals surface area contributed by atoms with Crippen molar-refractivity contribution < 1.29 is 18.3 Å². The molecule has 0 radical (unpaired) electrons. The Labute approximate surface area is 182 Å². The minimum absolute atomic E-state index is 0.105. The van der Waals surface area contributed by atoms with E-state index in [0.717, 1.165) is 11.1 Å². The van der Waals surface area contributed by atoms with Crippen molar-refractivity contribution in [3.8, 4) is 0 Å². The third-order valence-electron chi connectivity index (χ3n) is 4.86. The van der Waals surface area contributed by atoms with Crippen molar-refractivity contribution in [2.75, 3.05) is 16.7 Å². The first kappa shape index (κ1) is 22.3. The molecule has 0 spiro atoms. The second-order valence-corrected chi connectivity index (χ2v) is 9.19. The van der Waals surface area contributed by atoms with Gasteiger partial charge in [-0.15, -0.1) is 0 Å². The molecule has 1 heterocycles. The van der Waals surface area contributed by atoms with Gasteiger partial charge in [0.25, 0.3) is 10.0 Å². The van der Waals surface area contributed by atoms with E-state index < -0.39 is 16.0 Å². The Morgan fingerprint density at radius 2 is 1.68 bits per heavy atom. The van der Waals surface area contributed by atoms with Gasteiger partial charge >= 0.3 is 5.97 Å². The van der Waals surface area contributed by atoms with E-state index in [2.05, 4.69) is 9.71 Å². The Morgan fingerprint density at radius 1 is 1.06 bits per heavy atom. The van der Waals surface area contributed by atoms with Gasteiger partial charge in [-0.1, -0.05) is 48.0 Å². The Kier molecular flexibility index (Phi) is 6.31. The van der Waals surface area contributed by atoms with Crippen LogP contribution >= 0.6 is 0 Å². The molecule has 3 rings (SSSR count). The number of sulfonamides is 1. The van der Waals surface area contributed by atoms with Crippen molar-refractivity contribution in [2.24, 2.45) is 0 Å². The van der Waals surface area contributed by atoms with Gasteiger partial charge in [0.05, 0.1) is 16.1 Å².